The second-order valence-corrected chi connectivity index (χ2v) is 6.66. The van der Waals surface area contributed by atoms with E-state index >= 15 is 0 Å². The first-order valence-electron chi connectivity index (χ1n) is 8.17. The third-order valence-corrected chi connectivity index (χ3v) is 4.81. The number of nitrogens with zero attached hydrogens (tertiary/aromatic N) is 1. The first kappa shape index (κ1) is 18.1. The Morgan fingerprint density at radius 1 is 1.23 bits per heavy atom. The van der Waals surface area contributed by atoms with Crippen LogP contribution >= 0.6 is 11.8 Å². The van der Waals surface area contributed by atoms with Gasteiger partial charge < -0.3 is 14.2 Å². The average molecular weight is 372 g/mol. The number of carbonyl (C=O) groups is 1. The van der Waals surface area contributed by atoms with E-state index in [2.05, 4.69) is 10.5 Å². The lowest BCUT2D eigenvalue weighted by molar-refractivity contribution is -0.123. The normalized spacial score (nSPS) is 13.9. The summed E-state index contributed by atoms with van der Waals surface area (Å²) in [5.41, 5.74) is 3.29. The van der Waals surface area contributed by atoms with E-state index in [0.29, 0.717) is 17.6 Å². The number of amides is 1. The van der Waals surface area contributed by atoms with E-state index in [0.717, 1.165) is 22.8 Å². The molecule has 0 atom stereocenters. The van der Waals surface area contributed by atoms with Gasteiger partial charge in [0.05, 0.1) is 13.3 Å². The van der Waals surface area contributed by atoms with Crippen molar-refractivity contribution in [1.29, 1.82) is 0 Å². The third-order valence-electron chi connectivity index (χ3n) is 3.60. The maximum atomic E-state index is 11.8. The number of benzene rings is 2. The van der Waals surface area contributed by atoms with Crippen molar-refractivity contribution in [2.75, 3.05) is 25.2 Å². The van der Waals surface area contributed by atoms with Crippen LogP contribution in [-0.4, -0.2) is 43.4 Å². The van der Waals surface area contributed by atoms with Crippen molar-refractivity contribution in [3.8, 4) is 17.2 Å². The highest BCUT2D eigenvalue weighted by molar-refractivity contribution is 8.00. The maximum Gasteiger partial charge on any atom is 0.277 e. The number of carbonyl (C=O) groups excluding carboxylic acids is 1. The fraction of sp³-hybridized carbons (Fsp3) is 0.263. The minimum Gasteiger partial charge on any atom is -0.493 e. The lowest BCUT2D eigenvalue weighted by Gasteiger charge is -2.25. The number of hydrogen-bond donors (Lipinski definition) is 1. The molecule has 0 bridgehead atoms. The number of nitrogens with one attached hydrogen (secondary N) is 1. The van der Waals surface area contributed by atoms with Crippen LogP contribution < -0.4 is 19.6 Å². The maximum absolute atomic E-state index is 11.8. The lowest BCUT2D eigenvalue weighted by atomic mass is 10.2. The predicted octanol–water partition coefficient (Wildman–Crippen LogP) is 2.72. The van der Waals surface area contributed by atoms with Gasteiger partial charge in [-0.2, -0.15) is 16.9 Å². The smallest absolute Gasteiger partial charge is 0.277 e. The number of para-hydroxylation sites is 2. The van der Waals surface area contributed by atoms with E-state index in [-0.39, 0.29) is 12.5 Å². The molecule has 1 amide bonds. The zero-order valence-electron chi connectivity index (χ0n) is 14.4. The van der Waals surface area contributed by atoms with Gasteiger partial charge in [-0.1, -0.05) is 24.3 Å². The van der Waals surface area contributed by atoms with Gasteiger partial charge in [0.1, 0.15) is 11.9 Å². The highest BCUT2D eigenvalue weighted by atomic mass is 32.2. The van der Waals surface area contributed by atoms with Gasteiger partial charge in [-0.05, 0) is 29.8 Å². The number of thioether (sulfide) groups is 1. The summed E-state index contributed by atoms with van der Waals surface area (Å²) in [7, 11) is 1.55. The van der Waals surface area contributed by atoms with Crippen LogP contribution in [0, 0.1) is 0 Å². The third kappa shape index (κ3) is 5.16. The highest BCUT2D eigenvalue weighted by Gasteiger charge is 2.19. The molecule has 1 heterocycles. The van der Waals surface area contributed by atoms with Crippen LogP contribution in [0.15, 0.2) is 53.6 Å². The number of rotatable bonds is 8. The minimum atomic E-state index is -0.356. The number of hydrogen-bond acceptors (Lipinski definition) is 6. The quantitative estimate of drug-likeness (QED) is 0.570. The lowest BCUT2D eigenvalue weighted by Crippen LogP contribution is -2.31. The van der Waals surface area contributed by atoms with Crippen molar-refractivity contribution in [1.82, 2.24) is 5.43 Å². The molecule has 1 fully saturated rings. The first-order valence-corrected chi connectivity index (χ1v) is 9.32. The van der Waals surface area contributed by atoms with Crippen LogP contribution in [0.2, 0.25) is 0 Å². The van der Waals surface area contributed by atoms with Crippen molar-refractivity contribution in [3.05, 3.63) is 54.1 Å². The monoisotopic (exact) mass is 372 g/mol. The van der Waals surface area contributed by atoms with Crippen LogP contribution in [-0.2, 0) is 4.79 Å². The van der Waals surface area contributed by atoms with E-state index in [1.807, 2.05) is 48.2 Å². The highest BCUT2D eigenvalue weighted by Crippen LogP contribution is 2.25. The van der Waals surface area contributed by atoms with E-state index in [9.17, 15) is 4.79 Å². The molecule has 2 aromatic carbocycles. The Balaban J connectivity index is 1.47. The molecular formula is C19H20N2O4S. The van der Waals surface area contributed by atoms with Gasteiger partial charge in [-0.15, -0.1) is 0 Å². The number of methoxy groups -OCH3 is 1. The summed E-state index contributed by atoms with van der Waals surface area (Å²) in [4.78, 5) is 11.8. The number of ether oxygens (including phenoxy) is 3. The van der Waals surface area contributed by atoms with Crippen molar-refractivity contribution in [2.24, 2.45) is 5.10 Å². The fourth-order valence-electron chi connectivity index (χ4n) is 2.24. The summed E-state index contributed by atoms with van der Waals surface area (Å²) < 4.78 is 16.4. The van der Waals surface area contributed by atoms with Crippen molar-refractivity contribution in [3.63, 3.8) is 0 Å². The van der Waals surface area contributed by atoms with Gasteiger partial charge in [0.25, 0.3) is 5.91 Å². The van der Waals surface area contributed by atoms with E-state index in [1.165, 1.54) is 0 Å². The minimum absolute atomic E-state index is 0.153. The topological polar surface area (TPSA) is 69.2 Å². The largest absolute Gasteiger partial charge is 0.493 e. The molecule has 3 rings (SSSR count). The summed E-state index contributed by atoms with van der Waals surface area (Å²) in [5, 5.41) is 3.96. The van der Waals surface area contributed by atoms with Gasteiger partial charge in [-0.25, -0.2) is 5.43 Å². The molecule has 0 aliphatic carbocycles. The molecule has 0 aromatic heterocycles. The second-order valence-electron chi connectivity index (χ2n) is 5.58. The molecule has 7 heteroatoms. The molecule has 1 aliphatic heterocycles. The first-order chi connectivity index (χ1) is 12.7. The zero-order chi connectivity index (χ0) is 18.2. The molecule has 1 N–H and O–H groups in total. The standard InChI is InChI=1S/C19H20N2O4S/c1-23-17-7-2-3-8-18(17)24-11-19(22)21-20-10-14-5-4-6-15(9-14)25-16-12-26-13-16/h2-10,16H,11-13H2,1H3,(H,21,22)/b20-10-. The molecule has 1 saturated heterocycles. The van der Waals surface area contributed by atoms with Crippen LogP contribution in [0.3, 0.4) is 0 Å². The Hall–Kier alpha value is -2.67. The summed E-state index contributed by atoms with van der Waals surface area (Å²) in [5.74, 6) is 3.59. The van der Waals surface area contributed by atoms with Gasteiger partial charge in [0.15, 0.2) is 18.1 Å². The summed E-state index contributed by atoms with van der Waals surface area (Å²) in [6.07, 6.45) is 1.86. The van der Waals surface area contributed by atoms with Gasteiger partial charge in [0, 0.05) is 11.5 Å². The summed E-state index contributed by atoms with van der Waals surface area (Å²) >= 11 is 1.87. The molecule has 0 spiro atoms. The molecule has 26 heavy (non-hydrogen) atoms. The fourth-order valence-corrected chi connectivity index (χ4v) is 2.80. The Morgan fingerprint density at radius 3 is 2.77 bits per heavy atom. The summed E-state index contributed by atoms with van der Waals surface area (Å²) in [6, 6.07) is 14.7. The average Bonchev–Trinajstić information content (AvgIpc) is 2.63. The van der Waals surface area contributed by atoms with Crippen LogP contribution in [0.25, 0.3) is 0 Å². The van der Waals surface area contributed by atoms with Crippen LogP contribution in [0.4, 0.5) is 0 Å². The molecule has 0 radical (unpaired) electrons. The molecular weight excluding hydrogens is 352 g/mol. The van der Waals surface area contributed by atoms with Crippen LogP contribution in [0.5, 0.6) is 17.2 Å². The van der Waals surface area contributed by atoms with Crippen molar-refractivity contribution < 1.29 is 19.0 Å². The van der Waals surface area contributed by atoms with E-state index in [4.69, 9.17) is 14.2 Å². The molecule has 2 aromatic rings. The second kappa shape index (κ2) is 9.15. The molecule has 136 valence electrons. The molecule has 0 unspecified atom stereocenters. The van der Waals surface area contributed by atoms with Gasteiger partial charge in [-0.3, -0.25) is 4.79 Å². The molecule has 6 nitrogen and oxygen atoms in total. The van der Waals surface area contributed by atoms with E-state index in [1.54, 1.807) is 25.5 Å². The van der Waals surface area contributed by atoms with Crippen molar-refractivity contribution in [2.45, 2.75) is 6.10 Å². The Morgan fingerprint density at radius 2 is 2.04 bits per heavy atom. The Bertz CT molecular complexity index is 778. The Kier molecular flexibility index (Phi) is 6.38. The SMILES string of the molecule is COc1ccccc1OCC(=O)N/N=C\c1cccc(OC2CSC2)c1. The Labute approximate surface area is 156 Å². The van der Waals surface area contributed by atoms with Gasteiger partial charge >= 0.3 is 0 Å². The predicted molar refractivity (Wildman–Crippen MR) is 102 cm³/mol. The molecule has 0 saturated carbocycles. The zero-order valence-corrected chi connectivity index (χ0v) is 15.2. The number of hydrazone groups is 1. The van der Waals surface area contributed by atoms with Gasteiger partial charge in [0.2, 0.25) is 0 Å². The molecule has 1 aliphatic rings. The van der Waals surface area contributed by atoms with E-state index < -0.39 is 0 Å². The van der Waals surface area contributed by atoms with Crippen LogP contribution in [0.1, 0.15) is 5.56 Å². The van der Waals surface area contributed by atoms with Crippen molar-refractivity contribution >= 4 is 23.9 Å². The summed E-state index contributed by atoms with van der Waals surface area (Å²) in [6.45, 7) is -0.153.